The number of hydrogen-bond acceptors (Lipinski definition) is 4. The average molecular weight is 169 g/mol. The summed E-state index contributed by atoms with van der Waals surface area (Å²) < 4.78 is 4.94. The Morgan fingerprint density at radius 3 is 2.50 bits per heavy atom. The topological polar surface area (TPSA) is 51.0 Å². The lowest BCUT2D eigenvalue weighted by molar-refractivity contribution is 0.273. The summed E-state index contributed by atoms with van der Waals surface area (Å²) in [6.07, 6.45) is 1.11. The first-order valence-electron chi connectivity index (χ1n) is 4.40. The van der Waals surface area contributed by atoms with Crippen molar-refractivity contribution in [2.75, 3.05) is 6.54 Å². The minimum atomic E-state index is 0.321. The Balaban J connectivity index is 0.000000336. The average Bonchev–Trinajstić information content (AvgIpc) is 2.37. The molecule has 1 unspecified atom stereocenters. The summed E-state index contributed by atoms with van der Waals surface area (Å²) in [5, 5.41) is 6.87. The van der Waals surface area contributed by atoms with Crippen molar-refractivity contribution in [3.8, 4) is 0 Å². The van der Waals surface area contributed by atoms with Gasteiger partial charge < -0.3 is 9.84 Å². The van der Waals surface area contributed by atoms with Gasteiger partial charge in [-0.25, -0.2) is 0 Å². The highest BCUT2D eigenvalue weighted by molar-refractivity contribution is 4.95. The second-order valence-electron chi connectivity index (χ2n) is 2.48. The molecule has 1 aromatic rings. The van der Waals surface area contributed by atoms with Gasteiger partial charge in [0, 0.05) is 0 Å². The number of hydrogen-bond donors (Lipinski definition) is 1. The first kappa shape index (κ1) is 9.19. The summed E-state index contributed by atoms with van der Waals surface area (Å²) >= 11 is 0. The maximum Gasteiger partial charge on any atom is 0.243 e. The minimum Gasteiger partial charge on any atom is -0.338 e. The summed E-state index contributed by atoms with van der Waals surface area (Å²) in [7, 11) is 0. The molecular formula is C8H15N3O. The Morgan fingerprint density at radius 1 is 1.50 bits per heavy atom. The normalized spacial score (nSPS) is 20.8. The SMILES string of the molecule is CC.Cc1noc(C2CCN2)n1. The monoisotopic (exact) mass is 169 g/mol. The molecule has 0 spiro atoms. The van der Waals surface area contributed by atoms with Gasteiger partial charge in [0.1, 0.15) is 0 Å². The van der Waals surface area contributed by atoms with E-state index in [1.807, 2.05) is 20.8 Å². The van der Waals surface area contributed by atoms with Gasteiger partial charge in [0.2, 0.25) is 5.89 Å². The summed E-state index contributed by atoms with van der Waals surface area (Å²) in [6.45, 7) is 6.89. The molecule has 0 bridgehead atoms. The maximum absolute atomic E-state index is 4.94. The van der Waals surface area contributed by atoms with Crippen LogP contribution in [0.2, 0.25) is 0 Å². The van der Waals surface area contributed by atoms with Crippen molar-refractivity contribution in [3.05, 3.63) is 11.7 Å². The predicted molar refractivity (Wildman–Crippen MR) is 45.7 cm³/mol. The van der Waals surface area contributed by atoms with Crippen LogP contribution in [0, 0.1) is 6.92 Å². The van der Waals surface area contributed by atoms with Crippen LogP contribution in [-0.4, -0.2) is 16.7 Å². The van der Waals surface area contributed by atoms with Crippen LogP contribution >= 0.6 is 0 Å². The Morgan fingerprint density at radius 2 is 2.17 bits per heavy atom. The van der Waals surface area contributed by atoms with Gasteiger partial charge in [0.25, 0.3) is 0 Å². The van der Waals surface area contributed by atoms with Gasteiger partial charge in [-0.05, 0) is 19.9 Å². The smallest absolute Gasteiger partial charge is 0.243 e. The number of aryl methyl sites for hydroxylation is 1. The van der Waals surface area contributed by atoms with E-state index < -0.39 is 0 Å². The first-order valence-corrected chi connectivity index (χ1v) is 4.40. The highest BCUT2D eigenvalue weighted by Gasteiger charge is 2.23. The maximum atomic E-state index is 4.94. The van der Waals surface area contributed by atoms with Gasteiger partial charge in [0.05, 0.1) is 6.04 Å². The standard InChI is InChI=1S/C6H9N3O.C2H6/c1-4-8-6(10-9-4)5-2-3-7-5;1-2/h5,7H,2-3H2,1H3;1-2H3. The number of nitrogens with one attached hydrogen (secondary N) is 1. The van der Waals surface area contributed by atoms with Crippen LogP contribution in [0.1, 0.15) is 38.0 Å². The quantitative estimate of drug-likeness (QED) is 0.691. The molecule has 0 saturated carbocycles. The van der Waals surface area contributed by atoms with E-state index in [2.05, 4.69) is 15.5 Å². The molecule has 0 aliphatic carbocycles. The molecule has 0 amide bonds. The van der Waals surface area contributed by atoms with Crippen LogP contribution in [-0.2, 0) is 0 Å². The van der Waals surface area contributed by atoms with E-state index in [1.165, 1.54) is 0 Å². The van der Waals surface area contributed by atoms with E-state index >= 15 is 0 Å². The van der Waals surface area contributed by atoms with Crippen molar-refractivity contribution in [2.45, 2.75) is 33.2 Å². The van der Waals surface area contributed by atoms with Crippen LogP contribution in [0.15, 0.2) is 4.52 Å². The molecule has 1 saturated heterocycles. The van der Waals surface area contributed by atoms with Gasteiger partial charge in [0.15, 0.2) is 5.82 Å². The molecule has 2 rings (SSSR count). The molecule has 2 heterocycles. The number of aromatic nitrogens is 2. The minimum absolute atomic E-state index is 0.321. The Labute approximate surface area is 72.4 Å². The fourth-order valence-electron chi connectivity index (χ4n) is 0.954. The highest BCUT2D eigenvalue weighted by atomic mass is 16.5. The summed E-state index contributed by atoms with van der Waals surface area (Å²) in [6, 6.07) is 0.321. The molecule has 1 N–H and O–H groups in total. The molecule has 0 radical (unpaired) electrons. The van der Waals surface area contributed by atoms with E-state index in [-0.39, 0.29) is 0 Å². The molecule has 1 aliphatic rings. The fourth-order valence-corrected chi connectivity index (χ4v) is 0.954. The van der Waals surface area contributed by atoms with E-state index in [1.54, 1.807) is 0 Å². The Kier molecular flexibility index (Phi) is 3.22. The van der Waals surface area contributed by atoms with Gasteiger partial charge in [-0.2, -0.15) is 4.98 Å². The molecule has 1 atom stereocenters. The van der Waals surface area contributed by atoms with Crippen LogP contribution in [0.3, 0.4) is 0 Å². The third-order valence-electron chi connectivity index (χ3n) is 1.67. The second-order valence-corrected chi connectivity index (χ2v) is 2.48. The largest absolute Gasteiger partial charge is 0.338 e. The third kappa shape index (κ3) is 1.82. The molecule has 1 aliphatic heterocycles. The van der Waals surface area contributed by atoms with Crippen molar-refractivity contribution in [1.82, 2.24) is 15.5 Å². The van der Waals surface area contributed by atoms with Gasteiger partial charge >= 0.3 is 0 Å². The van der Waals surface area contributed by atoms with E-state index in [4.69, 9.17) is 4.52 Å². The second kappa shape index (κ2) is 4.21. The van der Waals surface area contributed by atoms with E-state index in [9.17, 15) is 0 Å². The number of nitrogens with zero attached hydrogens (tertiary/aromatic N) is 2. The van der Waals surface area contributed by atoms with Crippen molar-refractivity contribution >= 4 is 0 Å². The van der Waals surface area contributed by atoms with E-state index in [0.717, 1.165) is 18.9 Å². The van der Waals surface area contributed by atoms with Gasteiger partial charge in [-0.3, -0.25) is 0 Å². The lowest BCUT2D eigenvalue weighted by atomic mass is 10.1. The van der Waals surface area contributed by atoms with Gasteiger partial charge in [-0.15, -0.1) is 0 Å². The molecular weight excluding hydrogens is 154 g/mol. The summed E-state index contributed by atoms with van der Waals surface area (Å²) in [5.41, 5.74) is 0. The lowest BCUT2D eigenvalue weighted by Gasteiger charge is -2.23. The molecule has 1 aromatic heterocycles. The van der Waals surface area contributed by atoms with Crippen LogP contribution in [0.4, 0.5) is 0 Å². The number of rotatable bonds is 1. The Bertz CT molecular complexity index is 230. The predicted octanol–water partition coefficient (Wildman–Crippen LogP) is 1.44. The zero-order valence-corrected chi connectivity index (χ0v) is 7.79. The third-order valence-corrected chi connectivity index (χ3v) is 1.67. The Hall–Kier alpha value is -0.900. The zero-order chi connectivity index (χ0) is 8.97. The fraction of sp³-hybridized carbons (Fsp3) is 0.750. The van der Waals surface area contributed by atoms with Crippen molar-refractivity contribution in [2.24, 2.45) is 0 Å². The van der Waals surface area contributed by atoms with E-state index in [0.29, 0.717) is 11.9 Å². The van der Waals surface area contributed by atoms with Crippen molar-refractivity contribution < 1.29 is 4.52 Å². The zero-order valence-electron chi connectivity index (χ0n) is 7.79. The van der Waals surface area contributed by atoms with Crippen LogP contribution in [0.5, 0.6) is 0 Å². The highest BCUT2D eigenvalue weighted by Crippen LogP contribution is 2.19. The molecule has 4 nitrogen and oxygen atoms in total. The van der Waals surface area contributed by atoms with Gasteiger partial charge in [-0.1, -0.05) is 19.0 Å². The van der Waals surface area contributed by atoms with Crippen LogP contribution in [0.25, 0.3) is 0 Å². The molecule has 4 heteroatoms. The molecule has 12 heavy (non-hydrogen) atoms. The van der Waals surface area contributed by atoms with Crippen LogP contribution < -0.4 is 5.32 Å². The lowest BCUT2D eigenvalue weighted by Crippen LogP contribution is -2.35. The first-order chi connectivity index (χ1) is 5.86. The summed E-state index contributed by atoms with van der Waals surface area (Å²) in [5.74, 6) is 1.44. The summed E-state index contributed by atoms with van der Waals surface area (Å²) in [4.78, 5) is 4.09. The molecule has 1 fully saturated rings. The molecule has 0 aromatic carbocycles. The van der Waals surface area contributed by atoms with Crippen molar-refractivity contribution in [1.29, 1.82) is 0 Å². The molecule has 68 valence electrons. The van der Waals surface area contributed by atoms with Crippen molar-refractivity contribution in [3.63, 3.8) is 0 Å².